The first kappa shape index (κ1) is 17.5. The summed E-state index contributed by atoms with van der Waals surface area (Å²) in [6.07, 6.45) is 7.80. The van der Waals surface area contributed by atoms with E-state index < -0.39 is 0 Å². The minimum atomic E-state index is 0.354. The van der Waals surface area contributed by atoms with Gasteiger partial charge in [0, 0.05) is 17.8 Å². The SMILES string of the molecule is CCCCOc1ccc(C(C)c2ccc(CCCC)nc2)cc1. The number of ether oxygens (including phenoxy) is 1. The molecule has 0 fully saturated rings. The average Bonchev–Trinajstić information content (AvgIpc) is 2.61. The molecule has 1 heterocycles. The van der Waals surface area contributed by atoms with Crippen LogP contribution in [0.1, 0.15) is 69.2 Å². The zero-order valence-corrected chi connectivity index (χ0v) is 14.7. The van der Waals surface area contributed by atoms with E-state index in [1.54, 1.807) is 0 Å². The molecule has 0 saturated heterocycles. The third-order valence-corrected chi connectivity index (χ3v) is 4.28. The van der Waals surface area contributed by atoms with Gasteiger partial charge in [0.15, 0.2) is 0 Å². The Morgan fingerprint density at radius 1 is 0.913 bits per heavy atom. The number of hydrogen-bond acceptors (Lipinski definition) is 2. The first-order valence-corrected chi connectivity index (χ1v) is 8.92. The van der Waals surface area contributed by atoms with Crippen LogP contribution in [0.2, 0.25) is 0 Å². The van der Waals surface area contributed by atoms with Crippen molar-refractivity contribution < 1.29 is 4.74 Å². The van der Waals surface area contributed by atoms with Crippen LogP contribution < -0.4 is 4.74 Å². The molecular formula is C21H29NO. The molecule has 2 rings (SSSR count). The van der Waals surface area contributed by atoms with Crippen LogP contribution in [0, 0.1) is 0 Å². The highest BCUT2D eigenvalue weighted by Gasteiger charge is 2.09. The summed E-state index contributed by atoms with van der Waals surface area (Å²) in [5.74, 6) is 1.31. The summed E-state index contributed by atoms with van der Waals surface area (Å²) in [7, 11) is 0. The van der Waals surface area contributed by atoms with E-state index >= 15 is 0 Å². The van der Waals surface area contributed by atoms with Gasteiger partial charge in [0.2, 0.25) is 0 Å². The highest BCUT2D eigenvalue weighted by molar-refractivity contribution is 5.34. The highest BCUT2D eigenvalue weighted by atomic mass is 16.5. The maximum absolute atomic E-state index is 5.73. The first-order valence-electron chi connectivity index (χ1n) is 8.92. The Morgan fingerprint density at radius 2 is 1.61 bits per heavy atom. The Kier molecular flexibility index (Phi) is 7.12. The second kappa shape index (κ2) is 9.34. The minimum absolute atomic E-state index is 0.354. The Morgan fingerprint density at radius 3 is 2.22 bits per heavy atom. The quantitative estimate of drug-likeness (QED) is 0.550. The van der Waals surface area contributed by atoms with E-state index in [-0.39, 0.29) is 0 Å². The largest absolute Gasteiger partial charge is 0.494 e. The number of aromatic nitrogens is 1. The summed E-state index contributed by atoms with van der Waals surface area (Å²) in [5, 5.41) is 0. The topological polar surface area (TPSA) is 22.1 Å². The van der Waals surface area contributed by atoms with Gasteiger partial charge in [-0.05, 0) is 48.6 Å². The molecule has 1 atom stereocenters. The highest BCUT2D eigenvalue weighted by Crippen LogP contribution is 2.25. The summed E-state index contributed by atoms with van der Waals surface area (Å²) >= 11 is 0. The fourth-order valence-corrected chi connectivity index (χ4v) is 2.58. The Balaban J connectivity index is 1.97. The van der Waals surface area contributed by atoms with Crippen LogP contribution in [0.3, 0.4) is 0 Å². The number of unbranched alkanes of at least 4 members (excludes halogenated alkanes) is 2. The van der Waals surface area contributed by atoms with Gasteiger partial charge in [0.05, 0.1) is 6.61 Å². The van der Waals surface area contributed by atoms with Crippen molar-refractivity contribution in [2.45, 2.75) is 58.8 Å². The fourth-order valence-electron chi connectivity index (χ4n) is 2.58. The molecule has 23 heavy (non-hydrogen) atoms. The van der Waals surface area contributed by atoms with Crippen molar-refractivity contribution in [3.8, 4) is 5.75 Å². The second-order valence-electron chi connectivity index (χ2n) is 6.18. The molecular weight excluding hydrogens is 282 g/mol. The van der Waals surface area contributed by atoms with E-state index in [2.05, 4.69) is 62.2 Å². The molecule has 0 aliphatic rings. The molecule has 0 amide bonds. The lowest BCUT2D eigenvalue weighted by Gasteiger charge is -2.14. The number of nitrogens with zero attached hydrogens (tertiary/aromatic N) is 1. The average molecular weight is 311 g/mol. The van der Waals surface area contributed by atoms with Gasteiger partial charge in [-0.25, -0.2) is 0 Å². The van der Waals surface area contributed by atoms with Crippen molar-refractivity contribution in [2.75, 3.05) is 6.61 Å². The lowest BCUT2D eigenvalue weighted by atomic mass is 9.94. The van der Waals surface area contributed by atoms with E-state index in [4.69, 9.17) is 4.74 Å². The molecule has 0 saturated carbocycles. The van der Waals surface area contributed by atoms with Gasteiger partial charge < -0.3 is 4.74 Å². The summed E-state index contributed by atoms with van der Waals surface area (Å²) in [6.45, 7) is 7.42. The predicted octanol–water partition coefficient (Wildman–Crippen LogP) is 5.75. The number of rotatable bonds is 9. The van der Waals surface area contributed by atoms with Gasteiger partial charge in [0.1, 0.15) is 5.75 Å². The fraction of sp³-hybridized carbons (Fsp3) is 0.476. The van der Waals surface area contributed by atoms with Crippen LogP contribution in [0.25, 0.3) is 0 Å². The van der Waals surface area contributed by atoms with Crippen molar-refractivity contribution in [1.82, 2.24) is 4.98 Å². The molecule has 0 bridgehead atoms. The monoisotopic (exact) mass is 311 g/mol. The van der Waals surface area contributed by atoms with Gasteiger partial charge in [0.25, 0.3) is 0 Å². The molecule has 1 unspecified atom stereocenters. The van der Waals surface area contributed by atoms with Crippen molar-refractivity contribution in [2.24, 2.45) is 0 Å². The molecule has 1 aromatic carbocycles. The van der Waals surface area contributed by atoms with Gasteiger partial charge in [-0.15, -0.1) is 0 Å². The zero-order chi connectivity index (χ0) is 16.5. The Hall–Kier alpha value is -1.83. The third kappa shape index (κ3) is 5.38. The van der Waals surface area contributed by atoms with E-state index in [1.807, 2.05) is 6.20 Å². The maximum Gasteiger partial charge on any atom is 0.119 e. The molecule has 0 aliphatic heterocycles. The molecule has 0 spiro atoms. The zero-order valence-electron chi connectivity index (χ0n) is 14.7. The van der Waals surface area contributed by atoms with Crippen molar-refractivity contribution in [1.29, 1.82) is 0 Å². The number of aryl methyl sites for hydroxylation is 1. The van der Waals surface area contributed by atoms with Gasteiger partial charge >= 0.3 is 0 Å². The molecule has 2 heteroatoms. The summed E-state index contributed by atoms with van der Waals surface area (Å²) < 4.78 is 5.73. The Bertz CT molecular complexity index is 559. The van der Waals surface area contributed by atoms with Crippen LogP contribution >= 0.6 is 0 Å². The molecule has 2 aromatic rings. The van der Waals surface area contributed by atoms with Crippen LogP contribution in [-0.2, 0) is 6.42 Å². The molecule has 0 N–H and O–H groups in total. The van der Waals surface area contributed by atoms with Crippen molar-refractivity contribution in [3.05, 3.63) is 59.4 Å². The van der Waals surface area contributed by atoms with Crippen LogP contribution in [0.5, 0.6) is 5.75 Å². The summed E-state index contributed by atoms with van der Waals surface area (Å²) in [6, 6.07) is 12.9. The van der Waals surface area contributed by atoms with Crippen molar-refractivity contribution in [3.63, 3.8) is 0 Å². The minimum Gasteiger partial charge on any atom is -0.494 e. The van der Waals surface area contributed by atoms with Crippen LogP contribution in [0.4, 0.5) is 0 Å². The molecule has 0 radical (unpaired) electrons. The lowest BCUT2D eigenvalue weighted by molar-refractivity contribution is 0.309. The van der Waals surface area contributed by atoms with Gasteiger partial charge in [-0.1, -0.05) is 51.8 Å². The summed E-state index contributed by atoms with van der Waals surface area (Å²) in [5.41, 5.74) is 3.77. The number of benzene rings is 1. The van der Waals surface area contributed by atoms with Crippen LogP contribution in [0.15, 0.2) is 42.6 Å². The molecule has 0 aliphatic carbocycles. The number of pyridine rings is 1. The van der Waals surface area contributed by atoms with E-state index in [0.717, 1.165) is 31.6 Å². The predicted molar refractivity (Wildman–Crippen MR) is 97.2 cm³/mol. The third-order valence-electron chi connectivity index (χ3n) is 4.28. The molecule has 2 nitrogen and oxygen atoms in total. The standard InChI is InChI=1S/C21H29NO/c1-4-6-8-20-12-9-19(16-22-20)17(3)18-10-13-21(14-11-18)23-15-7-5-2/h9-14,16-17H,4-8,15H2,1-3H3. The summed E-state index contributed by atoms with van der Waals surface area (Å²) in [4.78, 5) is 4.61. The first-order chi connectivity index (χ1) is 11.2. The Labute approximate surface area is 140 Å². The normalized spacial score (nSPS) is 12.1. The van der Waals surface area contributed by atoms with E-state index in [0.29, 0.717) is 5.92 Å². The second-order valence-corrected chi connectivity index (χ2v) is 6.18. The molecule has 124 valence electrons. The van der Waals surface area contributed by atoms with Gasteiger partial charge in [-0.3, -0.25) is 4.98 Å². The molecule has 1 aromatic heterocycles. The van der Waals surface area contributed by atoms with Crippen LogP contribution in [-0.4, -0.2) is 11.6 Å². The maximum atomic E-state index is 5.73. The van der Waals surface area contributed by atoms with E-state index in [1.165, 1.54) is 29.7 Å². The van der Waals surface area contributed by atoms with Crippen molar-refractivity contribution >= 4 is 0 Å². The lowest BCUT2D eigenvalue weighted by Crippen LogP contribution is -2.00. The van der Waals surface area contributed by atoms with E-state index in [9.17, 15) is 0 Å². The number of hydrogen-bond donors (Lipinski definition) is 0. The van der Waals surface area contributed by atoms with Gasteiger partial charge in [-0.2, -0.15) is 0 Å². The smallest absolute Gasteiger partial charge is 0.119 e.